The van der Waals surface area contributed by atoms with Crippen LogP contribution < -0.4 is 5.32 Å². The molecule has 1 N–H and O–H groups in total. The van der Waals surface area contributed by atoms with E-state index in [9.17, 15) is 9.59 Å². The van der Waals surface area contributed by atoms with E-state index in [0.29, 0.717) is 11.4 Å². The van der Waals surface area contributed by atoms with Gasteiger partial charge in [-0.25, -0.2) is 0 Å². The van der Waals surface area contributed by atoms with E-state index in [1.165, 1.54) is 0 Å². The molecule has 1 aromatic carbocycles. The number of hydrogen-bond acceptors (Lipinski definition) is 4. The second-order valence-electron chi connectivity index (χ2n) is 5.57. The van der Waals surface area contributed by atoms with Gasteiger partial charge in [-0.15, -0.1) is 10.2 Å². The van der Waals surface area contributed by atoms with Crippen LogP contribution in [0.1, 0.15) is 42.0 Å². The van der Waals surface area contributed by atoms with E-state index >= 15 is 0 Å². The third-order valence-corrected chi connectivity index (χ3v) is 3.78. The monoisotopic (exact) mass is 322 g/mol. The van der Waals surface area contributed by atoms with Crippen molar-refractivity contribution in [2.75, 3.05) is 0 Å². The van der Waals surface area contributed by atoms with E-state index in [1.54, 1.807) is 12.1 Å². The summed E-state index contributed by atoms with van der Waals surface area (Å²) < 4.78 is 1.83. The zero-order valence-electron chi connectivity index (χ0n) is 13.3. The van der Waals surface area contributed by atoms with Gasteiger partial charge in [0.25, 0.3) is 0 Å². The Hall–Kier alpha value is -3.02. The molecule has 0 radical (unpaired) electrons. The van der Waals surface area contributed by atoms with Crippen LogP contribution in [0.4, 0.5) is 0 Å². The van der Waals surface area contributed by atoms with E-state index in [1.807, 2.05) is 53.9 Å². The predicted octanol–water partition coefficient (Wildman–Crippen LogP) is 2.57. The van der Waals surface area contributed by atoms with Gasteiger partial charge in [-0.2, -0.15) is 0 Å². The van der Waals surface area contributed by atoms with Crippen LogP contribution in [0, 0.1) is 0 Å². The van der Waals surface area contributed by atoms with Crippen LogP contribution in [-0.4, -0.2) is 26.3 Å². The zero-order valence-corrected chi connectivity index (χ0v) is 13.3. The van der Waals surface area contributed by atoms with Crippen molar-refractivity contribution in [2.45, 2.75) is 25.8 Å². The summed E-state index contributed by atoms with van der Waals surface area (Å²) in [5.74, 6) is 0.444. The topological polar surface area (TPSA) is 76.4 Å². The lowest BCUT2D eigenvalue weighted by Crippen LogP contribution is -2.28. The van der Waals surface area contributed by atoms with E-state index < -0.39 is 0 Å². The molecule has 2 aromatic heterocycles. The van der Waals surface area contributed by atoms with Crippen molar-refractivity contribution < 1.29 is 9.59 Å². The average Bonchev–Trinajstić information content (AvgIpc) is 3.04. The Kier molecular flexibility index (Phi) is 4.65. The Balaban J connectivity index is 1.58. The Bertz CT molecular complexity index is 858. The van der Waals surface area contributed by atoms with Crippen LogP contribution in [0.15, 0.2) is 54.7 Å². The fraction of sp³-hybridized carbons (Fsp3) is 0.222. The minimum atomic E-state index is -0.290. The largest absolute Gasteiger partial charge is 0.346 e. The lowest BCUT2D eigenvalue weighted by molar-refractivity contribution is -0.121. The number of pyridine rings is 1. The van der Waals surface area contributed by atoms with E-state index in [2.05, 4.69) is 15.5 Å². The van der Waals surface area contributed by atoms with E-state index in [4.69, 9.17) is 0 Å². The molecule has 122 valence electrons. The molecule has 0 aliphatic rings. The first kappa shape index (κ1) is 15.9. The molecule has 1 unspecified atom stereocenters. The Labute approximate surface area is 139 Å². The number of rotatable bonds is 6. The molecule has 6 nitrogen and oxygen atoms in total. The summed E-state index contributed by atoms with van der Waals surface area (Å²) in [7, 11) is 0. The Morgan fingerprint density at radius 1 is 1.04 bits per heavy atom. The summed E-state index contributed by atoms with van der Waals surface area (Å²) in [5, 5.41) is 11.1. The molecule has 6 heteroatoms. The third kappa shape index (κ3) is 3.48. The number of Topliss-reactive ketones (excluding diaryl/α,β-unsaturated/α-hetero) is 1. The Morgan fingerprint density at radius 2 is 1.79 bits per heavy atom. The fourth-order valence-corrected chi connectivity index (χ4v) is 2.53. The van der Waals surface area contributed by atoms with Gasteiger partial charge in [0, 0.05) is 24.6 Å². The minimum Gasteiger partial charge on any atom is -0.346 e. The fourth-order valence-electron chi connectivity index (χ4n) is 2.53. The summed E-state index contributed by atoms with van der Waals surface area (Å²) in [6, 6.07) is 14.3. The number of carbonyl (C=O) groups excluding carboxylic acids is 2. The minimum absolute atomic E-state index is 0.0358. The highest BCUT2D eigenvalue weighted by Gasteiger charge is 2.16. The van der Waals surface area contributed by atoms with Crippen LogP contribution in [0.3, 0.4) is 0 Å². The maximum Gasteiger partial charge on any atom is 0.221 e. The predicted molar refractivity (Wildman–Crippen MR) is 89.6 cm³/mol. The van der Waals surface area contributed by atoms with Gasteiger partial charge in [0.05, 0.1) is 6.04 Å². The molecule has 24 heavy (non-hydrogen) atoms. The van der Waals surface area contributed by atoms with Crippen LogP contribution in [0.25, 0.3) is 5.65 Å². The van der Waals surface area contributed by atoms with Crippen LogP contribution in [0.2, 0.25) is 0 Å². The number of amides is 1. The first-order valence-electron chi connectivity index (χ1n) is 7.82. The molecule has 1 atom stereocenters. The van der Waals surface area contributed by atoms with Gasteiger partial charge in [0.15, 0.2) is 17.3 Å². The number of aromatic nitrogens is 3. The van der Waals surface area contributed by atoms with Crippen LogP contribution in [-0.2, 0) is 4.79 Å². The molecule has 0 saturated heterocycles. The molecule has 1 amide bonds. The van der Waals surface area contributed by atoms with Gasteiger partial charge in [0.1, 0.15) is 0 Å². The van der Waals surface area contributed by atoms with Gasteiger partial charge in [-0.1, -0.05) is 36.4 Å². The summed E-state index contributed by atoms with van der Waals surface area (Å²) in [6.07, 6.45) is 2.18. The van der Waals surface area contributed by atoms with Gasteiger partial charge in [-0.3, -0.25) is 14.0 Å². The molecular weight excluding hydrogens is 304 g/mol. The van der Waals surface area contributed by atoms with Crippen molar-refractivity contribution in [2.24, 2.45) is 0 Å². The van der Waals surface area contributed by atoms with Gasteiger partial charge >= 0.3 is 0 Å². The molecule has 2 heterocycles. The van der Waals surface area contributed by atoms with E-state index in [0.717, 1.165) is 5.65 Å². The standard InChI is InChI=1S/C18H18N4O2/c1-13(18-21-20-16-9-5-6-12-22(16)18)19-17(24)11-10-15(23)14-7-3-2-4-8-14/h2-9,12-13H,10-11H2,1H3,(H,19,24). The highest BCUT2D eigenvalue weighted by Crippen LogP contribution is 2.12. The van der Waals surface area contributed by atoms with Crippen molar-refractivity contribution in [1.82, 2.24) is 19.9 Å². The lowest BCUT2D eigenvalue weighted by Gasteiger charge is -2.12. The second kappa shape index (κ2) is 7.04. The van der Waals surface area contributed by atoms with Crippen molar-refractivity contribution in [3.8, 4) is 0 Å². The smallest absolute Gasteiger partial charge is 0.221 e. The van der Waals surface area contributed by atoms with Crippen LogP contribution >= 0.6 is 0 Å². The second-order valence-corrected chi connectivity index (χ2v) is 5.57. The van der Waals surface area contributed by atoms with Gasteiger partial charge < -0.3 is 5.32 Å². The average molecular weight is 322 g/mol. The highest BCUT2D eigenvalue weighted by atomic mass is 16.2. The summed E-state index contributed by atoms with van der Waals surface area (Å²) >= 11 is 0. The molecule has 0 fully saturated rings. The number of nitrogens with one attached hydrogen (secondary N) is 1. The SMILES string of the molecule is CC(NC(=O)CCC(=O)c1ccccc1)c1nnc2ccccn12. The summed E-state index contributed by atoms with van der Waals surface area (Å²) in [6.45, 7) is 1.85. The van der Waals surface area contributed by atoms with Gasteiger partial charge in [0.2, 0.25) is 5.91 Å². The molecule has 0 saturated carbocycles. The van der Waals surface area contributed by atoms with Crippen molar-refractivity contribution in [3.05, 3.63) is 66.1 Å². The maximum absolute atomic E-state index is 12.1. The van der Waals surface area contributed by atoms with Gasteiger partial charge in [-0.05, 0) is 19.1 Å². The quantitative estimate of drug-likeness (QED) is 0.708. The number of ketones is 1. The molecule has 0 bridgehead atoms. The van der Waals surface area contributed by atoms with Crippen molar-refractivity contribution in [3.63, 3.8) is 0 Å². The first-order chi connectivity index (χ1) is 11.6. The van der Waals surface area contributed by atoms with Crippen LogP contribution in [0.5, 0.6) is 0 Å². The lowest BCUT2D eigenvalue weighted by atomic mass is 10.1. The zero-order chi connectivity index (χ0) is 16.9. The maximum atomic E-state index is 12.1. The number of hydrogen-bond donors (Lipinski definition) is 1. The third-order valence-electron chi connectivity index (χ3n) is 3.78. The highest BCUT2D eigenvalue weighted by molar-refractivity contribution is 5.97. The molecule has 0 aliphatic heterocycles. The van der Waals surface area contributed by atoms with Crippen molar-refractivity contribution >= 4 is 17.3 Å². The summed E-state index contributed by atoms with van der Waals surface area (Å²) in [4.78, 5) is 24.1. The Morgan fingerprint density at radius 3 is 2.58 bits per heavy atom. The number of nitrogens with zero attached hydrogens (tertiary/aromatic N) is 3. The first-order valence-corrected chi connectivity index (χ1v) is 7.82. The molecule has 3 rings (SSSR count). The number of benzene rings is 1. The molecule has 0 aliphatic carbocycles. The molecular formula is C18H18N4O2. The summed E-state index contributed by atoms with van der Waals surface area (Å²) in [5.41, 5.74) is 1.36. The normalized spacial score (nSPS) is 12.0. The number of carbonyl (C=O) groups is 2. The molecule has 3 aromatic rings. The van der Waals surface area contributed by atoms with E-state index in [-0.39, 0.29) is 30.6 Å². The van der Waals surface area contributed by atoms with Crippen molar-refractivity contribution in [1.29, 1.82) is 0 Å². The molecule has 0 spiro atoms. The number of fused-ring (bicyclic) bond motifs is 1.